The van der Waals surface area contributed by atoms with Crippen LogP contribution < -0.4 is 15.4 Å². The molecular weight excluding hydrogens is 350 g/mol. The van der Waals surface area contributed by atoms with Crippen LogP contribution in [0.2, 0.25) is 0 Å². The molecule has 2 N–H and O–H groups in total. The number of hydrogen-bond donors (Lipinski definition) is 2. The highest BCUT2D eigenvalue weighted by Crippen LogP contribution is 2.25. The second-order valence-corrected chi connectivity index (χ2v) is 7.54. The minimum absolute atomic E-state index is 0.118. The van der Waals surface area contributed by atoms with Crippen LogP contribution in [0.4, 0.5) is 17.2 Å². The van der Waals surface area contributed by atoms with Crippen molar-refractivity contribution in [3.8, 4) is 5.75 Å². The van der Waals surface area contributed by atoms with Gasteiger partial charge in [0.15, 0.2) is 0 Å². The molecule has 2 aromatic carbocycles. The SMILES string of the molecule is COc1ccccc1NC(=O)c1ccc(Nc2ccc(C(C)(C)C)cc2)nc1. The quantitative estimate of drug-likeness (QED) is 0.628. The molecule has 0 atom stereocenters. The van der Waals surface area contributed by atoms with Crippen LogP contribution in [-0.4, -0.2) is 18.0 Å². The number of para-hydroxylation sites is 2. The fourth-order valence-electron chi connectivity index (χ4n) is 2.75. The van der Waals surface area contributed by atoms with Crippen molar-refractivity contribution in [1.29, 1.82) is 0 Å². The lowest BCUT2D eigenvalue weighted by atomic mass is 9.87. The van der Waals surface area contributed by atoms with Gasteiger partial charge in [0, 0.05) is 11.9 Å². The Bertz CT molecular complexity index is 943. The summed E-state index contributed by atoms with van der Waals surface area (Å²) < 4.78 is 5.26. The fourth-order valence-corrected chi connectivity index (χ4v) is 2.75. The monoisotopic (exact) mass is 375 g/mol. The Hall–Kier alpha value is -3.34. The molecule has 3 aromatic rings. The lowest BCUT2D eigenvalue weighted by Gasteiger charge is -2.19. The number of nitrogens with one attached hydrogen (secondary N) is 2. The molecule has 0 radical (unpaired) electrons. The highest BCUT2D eigenvalue weighted by atomic mass is 16.5. The van der Waals surface area contributed by atoms with Crippen LogP contribution >= 0.6 is 0 Å². The van der Waals surface area contributed by atoms with E-state index in [0.717, 1.165) is 5.69 Å². The van der Waals surface area contributed by atoms with E-state index in [1.54, 1.807) is 37.6 Å². The summed E-state index contributed by atoms with van der Waals surface area (Å²) in [6.45, 7) is 6.56. The molecule has 1 aromatic heterocycles. The van der Waals surface area contributed by atoms with E-state index in [1.165, 1.54) is 5.56 Å². The van der Waals surface area contributed by atoms with Crippen molar-refractivity contribution in [2.75, 3.05) is 17.7 Å². The molecule has 0 bridgehead atoms. The standard InChI is InChI=1S/C23H25N3O2/c1-23(2,3)17-10-12-18(13-11-17)25-21-14-9-16(15-24-21)22(27)26-19-7-5-6-8-20(19)28-4/h5-15H,1-4H3,(H,24,25)(H,26,27). The summed E-state index contributed by atoms with van der Waals surface area (Å²) >= 11 is 0. The predicted molar refractivity (Wildman–Crippen MR) is 114 cm³/mol. The van der Waals surface area contributed by atoms with Crippen molar-refractivity contribution in [3.05, 3.63) is 78.0 Å². The lowest BCUT2D eigenvalue weighted by molar-refractivity contribution is 0.102. The molecule has 0 aliphatic carbocycles. The Morgan fingerprint density at radius 3 is 2.29 bits per heavy atom. The molecule has 0 saturated heterocycles. The molecule has 144 valence electrons. The van der Waals surface area contributed by atoms with Crippen LogP contribution in [0, 0.1) is 0 Å². The van der Waals surface area contributed by atoms with Crippen LogP contribution in [0.25, 0.3) is 0 Å². The third kappa shape index (κ3) is 4.68. The Kier molecular flexibility index (Phi) is 5.64. The number of aromatic nitrogens is 1. The zero-order valence-corrected chi connectivity index (χ0v) is 16.6. The van der Waals surface area contributed by atoms with Crippen molar-refractivity contribution in [2.24, 2.45) is 0 Å². The topological polar surface area (TPSA) is 63.2 Å². The first-order valence-corrected chi connectivity index (χ1v) is 9.15. The van der Waals surface area contributed by atoms with Crippen molar-refractivity contribution >= 4 is 23.1 Å². The first kappa shape index (κ1) is 19.4. The molecule has 5 heteroatoms. The van der Waals surface area contributed by atoms with Crippen LogP contribution in [0.5, 0.6) is 5.75 Å². The van der Waals surface area contributed by atoms with E-state index >= 15 is 0 Å². The van der Waals surface area contributed by atoms with Crippen LogP contribution in [-0.2, 0) is 5.41 Å². The van der Waals surface area contributed by atoms with E-state index in [9.17, 15) is 4.79 Å². The number of hydrogen-bond acceptors (Lipinski definition) is 4. The average molecular weight is 375 g/mol. The number of nitrogens with zero attached hydrogens (tertiary/aromatic N) is 1. The van der Waals surface area contributed by atoms with Crippen LogP contribution in [0.15, 0.2) is 66.9 Å². The highest BCUT2D eigenvalue weighted by molar-refractivity contribution is 6.04. The first-order valence-electron chi connectivity index (χ1n) is 9.15. The molecule has 0 aliphatic rings. The van der Waals surface area contributed by atoms with Gasteiger partial charge in [-0.2, -0.15) is 0 Å². The molecule has 5 nitrogen and oxygen atoms in total. The molecule has 1 amide bonds. The number of ether oxygens (including phenoxy) is 1. The van der Waals surface area contributed by atoms with E-state index in [0.29, 0.717) is 22.8 Å². The summed E-state index contributed by atoms with van der Waals surface area (Å²) in [6.07, 6.45) is 1.55. The van der Waals surface area contributed by atoms with Crippen molar-refractivity contribution < 1.29 is 9.53 Å². The van der Waals surface area contributed by atoms with Gasteiger partial charge >= 0.3 is 0 Å². The number of methoxy groups -OCH3 is 1. The van der Waals surface area contributed by atoms with Crippen molar-refractivity contribution in [3.63, 3.8) is 0 Å². The minimum Gasteiger partial charge on any atom is -0.495 e. The minimum atomic E-state index is -0.238. The highest BCUT2D eigenvalue weighted by Gasteiger charge is 2.13. The Balaban J connectivity index is 1.67. The number of benzene rings is 2. The molecule has 0 aliphatic heterocycles. The predicted octanol–water partition coefficient (Wildman–Crippen LogP) is 5.38. The smallest absolute Gasteiger partial charge is 0.257 e. The third-order valence-corrected chi connectivity index (χ3v) is 4.40. The molecule has 28 heavy (non-hydrogen) atoms. The number of carbonyl (C=O) groups is 1. The van der Waals surface area contributed by atoms with Gasteiger partial charge in [-0.1, -0.05) is 45.0 Å². The van der Waals surface area contributed by atoms with Crippen molar-refractivity contribution in [1.82, 2.24) is 4.98 Å². The van der Waals surface area contributed by atoms with Gasteiger partial charge in [0.05, 0.1) is 18.4 Å². The second-order valence-electron chi connectivity index (χ2n) is 7.54. The maximum atomic E-state index is 12.5. The maximum absolute atomic E-state index is 12.5. The van der Waals surface area contributed by atoms with E-state index in [-0.39, 0.29) is 11.3 Å². The molecule has 0 unspecified atom stereocenters. The van der Waals surface area contributed by atoms with Gasteiger partial charge in [0.1, 0.15) is 11.6 Å². The Morgan fingerprint density at radius 2 is 1.68 bits per heavy atom. The van der Waals surface area contributed by atoms with E-state index in [1.807, 2.05) is 24.3 Å². The van der Waals surface area contributed by atoms with E-state index in [4.69, 9.17) is 4.74 Å². The Morgan fingerprint density at radius 1 is 0.964 bits per heavy atom. The number of rotatable bonds is 5. The third-order valence-electron chi connectivity index (χ3n) is 4.40. The fraction of sp³-hybridized carbons (Fsp3) is 0.217. The number of anilines is 3. The van der Waals surface area contributed by atoms with Gasteiger partial charge in [-0.05, 0) is 47.4 Å². The van der Waals surface area contributed by atoms with Gasteiger partial charge in [-0.15, -0.1) is 0 Å². The summed E-state index contributed by atoms with van der Waals surface area (Å²) in [4.78, 5) is 16.8. The molecule has 0 saturated carbocycles. The summed E-state index contributed by atoms with van der Waals surface area (Å²) in [7, 11) is 1.57. The zero-order chi connectivity index (χ0) is 20.1. The molecule has 3 rings (SSSR count). The van der Waals surface area contributed by atoms with E-state index in [2.05, 4.69) is 48.5 Å². The average Bonchev–Trinajstić information content (AvgIpc) is 2.68. The number of pyridine rings is 1. The van der Waals surface area contributed by atoms with Crippen LogP contribution in [0.3, 0.4) is 0 Å². The summed E-state index contributed by atoms with van der Waals surface area (Å²) in [6, 6.07) is 19.1. The van der Waals surface area contributed by atoms with Gasteiger partial charge in [0.25, 0.3) is 5.91 Å². The normalized spacial score (nSPS) is 11.0. The number of amides is 1. The largest absolute Gasteiger partial charge is 0.495 e. The van der Waals surface area contributed by atoms with Crippen molar-refractivity contribution in [2.45, 2.75) is 26.2 Å². The lowest BCUT2D eigenvalue weighted by Crippen LogP contribution is -2.13. The molecule has 1 heterocycles. The molecule has 0 fully saturated rings. The zero-order valence-electron chi connectivity index (χ0n) is 16.6. The Labute approximate surface area is 165 Å². The van der Waals surface area contributed by atoms with Gasteiger partial charge in [-0.3, -0.25) is 4.79 Å². The second kappa shape index (κ2) is 8.13. The summed E-state index contributed by atoms with van der Waals surface area (Å²) in [5, 5.41) is 6.10. The molecular formula is C23H25N3O2. The number of carbonyl (C=O) groups excluding carboxylic acids is 1. The van der Waals surface area contributed by atoms with Gasteiger partial charge in [0.2, 0.25) is 0 Å². The summed E-state index contributed by atoms with van der Waals surface area (Å²) in [5.41, 5.74) is 3.43. The molecule has 0 spiro atoms. The van der Waals surface area contributed by atoms with Gasteiger partial charge < -0.3 is 15.4 Å². The maximum Gasteiger partial charge on any atom is 0.257 e. The first-order chi connectivity index (χ1) is 13.4. The van der Waals surface area contributed by atoms with E-state index < -0.39 is 0 Å². The van der Waals surface area contributed by atoms with Gasteiger partial charge in [-0.25, -0.2) is 4.98 Å². The van der Waals surface area contributed by atoms with Crippen LogP contribution in [0.1, 0.15) is 36.7 Å². The summed E-state index contributed by atoms with van der Waals surface area (Å²) in [5.74, 6) is 1.05.